The van der Waals surface area contributed by atoms with Crippen LogP contribution in [0, 0.1) is 0 Å². The fourth-order valence-corrected chi connectivity index (χ4v) is 1.95. The molecule has 17 heavy (non-hydrogen) atoms. The average Bonchev–Trinajstić information content (AvgIpc) is 2.32. The maximum absolute atomic E-state index is 11.8. The van der Waals surface area contributed by atoms with E-state index < -0.39 is 0 Å². The fraction of sp³-hybridized carbons (Fsp3) is 0.417. The first kappa shape index (κ1) is 14.6. The maximum atomic E-state index is 11.8. The van der Waals surface area contributed by atoms with Gasteiger partial charge in [-0.15, -0.1) is 11.6 Å². The molecule has 1 aromatic rings. The van der Waals surface area contributed by atoms with E-state index in [0.717, 1.165) is 19.3 Å². The Balaban J connectivity index is 2.44. The minimum absolute atomic E-state index is 0.191. The molecule has 1 rings (SSSR count). The van der Waals surface area contributed by atoms with Crippen molar-refractivity contribution >= 4 is 40.7 Å². The zero-order chi connectivity index (χ0) is 12.7. The first-order chi connectivity index (χ1) is 8.16. The van der Waals surface area contributed by atoms with E-state index in [9.17, 15) is 4.79 Å². The van der Waals surface area contributed by atoms with Crippen molar-refractivity contribution in [2.45, 2.75) is 19.3 Å². The molecule has 1 amide bonds. The van der Waals surface area contributed by atoms with Crippen LogP contribution in [-0.2, 0) is 0 Å². The quantitative estimate of drug-likeness (QED) is 0.620. The molecule has 5 heteroatoms. The summed E-state index contributed by atoms with van der Waals surface area (Å²) in [6.07, 6.45) is 2.89. The van der Waals surface area contributed by atoms with Gasteiger partial charge in [0.15, 0.2) is 0 Å². The maximum Gasteiger partial charge on any atom is 0.252 e. The number of amides is 1. The fourth-order valence-electron chi connectivity index (χ4n) is 1.37. The number of halogens is 3. The number of benzene rings is 1. The van der Waals surface area contributed by atoms with E-state index >= 15 is 0 Å². The van der Waals surface area contributed by atoms with E-state index in [0.29, 0.717) is 28.0 Å². The van der Waals surface area contributed by atoms with Crippen molar-refractivity contribution in [2.24, 2.45) is 0 Å². The molecule has 0 aromatic heterocycles. The van der Waals surface area contributed by atoms with E-state index in [-0.39, 0.29) is 5.91 Å². The van der Waals surface area contributed by atoms with Gasteiger partial charge < -0.3 is 5.32 Å². The molecule has 0 bridgehead atoms. The molecule has 94 valence electrons. The molecule has 0 fully saturated rings. The molecule has 0 saturated carbocycles. The molecule has 2 nitrogen and oxygen atoms in total. The predicted molar refractivity (Wildman–Crippen MR) is 73.4 cm³/mol. The molecular formula is C12H14Cl3NO. The van der Waals surface area contributed by atoms with Gasteiger partial charge in [-0.05, 0) is 25.0 Å². The van der Waals surface area contributed by atoms with E-state index in [4.69, 9.17) is 34.8 Å². The summed E-state index contributed by atoms with van der Waals surface area (Å²) in [7, 11) is 0. The predicted octanol–water partition coefficient (Wildman–Crippen LogP) is 4.13. The van der Waals surface area contributed by atoms with Gasteiger partial charge in [0.05, 0.1) is 15.6 Å². The van der Waals surface area contributed by atoms with Crippen LogP contribution in [0.3, 0.4) is 0 Å². The Labute approximate surface area is 116 Å². The second kappa shape index (κ2) is 7.80. The van der Waals surface area contributed by atoms with Crippen molar-refractivity contribution in [1.82, 2.24) is 5.32 Å². The summed E-state index contributed by atoms with van der Waals surface area (Å²) in [5.74, 6) is 0.469. The van der Waals surface area contributed by atoms with Crippen molar-refractivity contribution in [3.05, 3.63) is 33.8 Å². The standard InChI is InChI=1S/C12H14Cl3NO/c13-7-2-1-3-8-16-12(17)9-5-4-6-10(14)11(9)15/h4-6H,1-3,7-8H2,(H,16,17). The molecule has 0 saturated heterocycles. The first-order valence-electron chi connectivity index (χ1n) is 5.45. The van der Waals surface area contributed by atoms with Gasteiger partial charge in [0.2, 0.25) is 0 Å². The Bertz CT molecular complexity index is 382. The molecule has 0 heterocycles. The van der Waals surface area contributed by atoms with Gasteiger partial charge in [-0.25, -0.2) is 0 Å². The van der Waals surface area contributed by atoms with Crippen LogP contribution in [0.4, 0.5) is 0 Å². The largest absolute Gasteiger partial charge is 0.352 e. The van der Waals surface area contributed by atoms with Crippen LogP contribution in [0.25, 0.3) is 0 Å². The Kier molecular flexibility index (Phi) is 6.71. The van der Waals surface area contributed by atoms with Crippen LogP contribution >= 0.6 is 34.8 Å². The average molecular weight is 295 g/mol. The Hall–Kier alpha value is -0.440. The number of unbranched alkanes of at least 4 members (excludes halogenated alkanes) is 2. The number of carbonyl (C=O) groups excluding carboxylic acids is 1. The lowest BCUT2D eigenvalue weighted by atomic mass is 10.2. The smallest absolute Gasteiger partial charge is 0.252 e. The highest BCUT2D eigenvalue weighted by molar-refractivity contribution is 6.43. The number of hydrogen-bond donors (Lipinski definition) is 1. The number of alkyl halides is 1. The normalized spacial score (nSPS) is 10.3. The molecule has 0 spiro atoms. The second-order valence-electron chi connectivity index (χ2n) is 3.61. The SMILES string of the molecule is O=C(NCCCCCCl)c1cccc(Cl)c1Cl. The van der Waals surface area contributed by atoms with Crippen LogP contribution in [0.5, 0.6) is 0 Å². The monoisotopic (exact) mass is 293 g/mol. The van der Waals surface area contributed by atoms with Gasteiger partial charge in [-0.3, -0.25) is 4.79 Å². The Morgan fingerprint density at radius 1 is 1.18 bits per heavy atom. The minimum Gasteiger partial charge on any atom is -0.352 e. The number of carbonyl (C=O) groups is 1. The van der Waals surface area contributed by atoms with Crippen molar-refractivity contribution in [1.29, 1.82) is 0 Å². The molecule has 0 unspecified atom stereocenters. The molecule has 1 N–H and O–H groups in total. The number of nitrogens with one attached hydrogen (secondary N) is 1. The van der Waals surface area contributed by atoms with Crippen LogP contribution in [0.2, 0.25) is 10.0 Å². The summed E-state index contributed by atoms with van der Waals surface area (Å²) in [4.78, 5) is 11.8. The van der Waals surface area contributed by atoms with Gasteiger partial charge in [0, 0.05) is 12.4 Å². The van der Waals surface area contributed by atoms with Crippen molar-refractivity contribution in [2.75, 3.05) is 12.4 Å². The van der Waals surface area contributed by atoms with Crippen LogP contribution in [-0.4, -0.2) is 18.3 Å². The number of rotatable bonds is 6. The molecule has 0 atom stereocenters. The van der Waals surface area contributed by atoms with Crippen molar-refractivity contribution in [3.63, 3.8) is 0 Å². The Morgan fingerprint density at radius 3 is 2.65 bits per heavy atom. The summed E-state index contributed by atoms with van der Waals surface area (Å²) in [5.41, 5.74) is 0.413. The zero-order valence-corrected chi connectivity index (χ0v) is 11.6. The first-order valence-corrected chi connectivity index (χ1v) is 6.74. The highest BCUT2D eigenvalue weighted by atomic mass is 35.5. The van der Waals surface area contributed by atoms with E-state index in [2.05, 4.69) is 5.32 Å². The highest BCUT2D eigenvalue weighted by Gasteiger charge is 2.11. The van der Waals surface area contributed by atoms with Crippen molar-refractivity contribution < 1.29 is 4.79 Å². The van der Waals surface area contributed by atoms with Crippen LogP contribution in [0.1, 0.15) is 29.6 Å². The third-order valence-corrected chi connectivity index (χ3v) is 3.38. The highest BCUT2D eigenvalue weighted by Crippen LogP contribution is 2.25. The van der Waals surface area contributed by atoms with Gasteiger partial charge in [-0.1, -0.05) is 35.7 Å². The number of hydrogen-bond acceptors (Lipinski definition) is 1. The lowest BCUT2D eigenvalue weighted by molar-refractivity contribution is 0.0953. The Morgan fingerprint density at radius 2 is 1.94 bits per heavy atom. The summed E-state index contributed by atoms with van der Waals surface area (Å²) in [5, 5.41) is 3.49. The van der Waals surface area contributed by atoms with E-state index in [1.165, 1.54) is 0 Å². The summed E-state index contributed by atoms with van der Waals surface area (Å²) in [6, 6.07) is 5.01. The third kappa shape index (κ3) is 4.74. The molecule has 0 aliphatic carbocycles. The third-order valence-electron chi connectivity index (χ3n) is 2.29. The molecule has 1 aromatic carbocycles. The molecule has 0 radical (unpaired) electrons. The molecular weight excluding hydrogens is 280 g/mol. The van der Waals surface area contributed by atoms with Crippen LogP contribution in [0.15, 0.2) is 18.2 Å². The molecule has 0 aliphatic heterocycles. The minimum atomic E-state index is -0.191. The molecule has 0 aliphatic rings. The summed E-state index contributed by atoms with van der Waals surface area (Å²) >= 11 is 17.3. The topological polar surface area (TPSA) is 29.1 Å². The second-order valence-corrected chi connectivity index (χ2v) is 4.77. The van der Waals surface area contributed by atoms with Gasteiger partial charge in [-0.2, -0.15) is 0 Å². The summed E-state index contributed by atoms with van der Waals surface area (Å²) < 4.78 is 0. The van der Waals surface area contributed by atoms with Crippen LogP contribution < -0.4 is 5.32 Å². The lowest BCUT2D eigenvalue weighted by Crippen LogP contribution is -2.24. The summed E-state index contributed by atoms with van der Waals surface area (Å²) in [6.45, 7) is 0.624. The lowest BCUT2D eigenvalue weighted by Gasteiger charge is -2.07. The zero-order valence-electron chi connectivity index (χ0n) is 9.31. The van der Waals surface area contributed by atoms with Gasteiger partial charge in [0.25, 0.3) is 5.91 Å². The van der Waals surface area contributed by atoms with Gasteiger partial charge in [0.1, 0.15) is 0 Å². The van der Waals surface area contributed by atoms with Crippen molar-refractivity contribution in [3.8, 4) is 0 Å². The van der Waals surface area contributed by atoms with Gasteiger partial charge >= 0.3 is 0 Å². The van der Waals surface area contributed by atoms with E-state index in [1.807, 2.05) is 0 Å². The van der Waals surface area contributed by atoms with E-state index in [1.54, 1.807) is 18.2 Å².